The first kappa shape index (κ1) is 22.2. The van der Waals surface area contributed by atoms with E-state index < -0.39 is 10.0 Å². The van der Waals surface area contributed by atoms with Gasteiger partial charge < -0.3 is 15.0 Å². The average molecular weight is 385 g/mol. The van der Waals surface area contributed by atoms with Crippen molar-refractivity contribution in [3.63, 3.8) is 0 Å². The van der Waals surface area contributed by atoms with Gasteiger partial charge >= 0.3 is 0 Å². The monoisotopic (exact) mass is 384 g/mol. The van der Waals surface area contributed by atoms with Crippen molar-refractivity contribution in [2.75, 3.05) is 52.6 Å². The Kier molecular flexibility index (Phi) is 10.0. The van der Waals surface area contributed by atoms with E-state index in [4.69, 9.17) is 4.74 Å². The second-order valence-electron chi connectivity index (χ2n) is 5.93. The van der Waals surface area contributed by atoms with Crippen molar-refractivity contribution in [2.24, 2.45) is 4.99 Å². The van der Waals surface area contributed by atoms with E-state index in [1.54, 1.807) is 0 Å². The molecule has 148 valence electrons. The molecular formula is C18H32N4O3S. The molecule has 0 amide bonds. The number of hydrogen-bond acceptors (Lipinski definition) is 4. The lowest BCUT2D eigenvalue weighted by Crippen LogP contribution is -2.41. The number of ether oxygens (including phenoxy) is 1. The Morgan fingerprint density at radius 2 is 1.88 bits per heavy atom. The van der Waals surface area contributed by atoms with Crippen LogP contribution in [0.3, 0.4) is 0 Å². The molecule has 0 heterocycles. The average Bonchev–Trinajstić information content (AvgIpc) is 2.60. The fraction of sp³-hybridized carbons (Fsp3) is 0.611. The summed E-state index contributed by atoms with van der Waals surface area (Å²) in [5, 5.41) is 3.25. The standard InChI is InChI=1S/C18H32N4O3S/c1-5-19-18(20-13-10-14-22(6-2)26(4,23)24)21(3)15-16-25-17-11-8-7-9-12-17/h7-9,11-12H,5-6,10,13-16H2,1-4H3,(H,19,20). The molecule has 0 aliphatic heterocycles. The maximum Gasteiger partial charge on any atom is 0.211 e. The van der Waals surface area contributed by atoms with Crippen LogP contribution in [0.25, 0.3) is 0 Å². The Morgan fingerprint density at radius 1 is 1.19 bits per heavy atom. The number of hydrogen-bond donors (Lipinski definition) is 1. The number of guanidine groups is 1. The molecule has 0 unspecified atom stereocenters. The zero-order chi connectivity index (χ0) is 19.4. The van der Waals surface area contributed by atoms with Gasteiger partial charge in [0.25, 0.3) is 0 Å². The number of aliphatic imine (C=N–C) groups is 1. The normalized spacial score (nSPS) is 12.3. The Balaban J connectivity index is 2.45. The number of nitrogens with one attached hydrogen (secondary N) is 1. The maximum atomic E-state index is 11.6. The third kappa shape index (κ3) is 8.53. The van der Waals surface area contributed by atoms with Crippen LogP contribution in [0.5, 0.6) is 5.75 Å². The van der Waals surface area contributed by atoms with Crippen molar-refractivity contribution in [2.45, 2.75) is 20.3 Å². The van der Waals surface area contributed by atoms with Crippen molar-refractivity contribution in [3.8, 4) is 5.75 Å². The van der Waals surface area contributed by atoms with Crippen LogP contribution in [-0.2, 0) is 10.0 Å². The zero-order valence-corrected chi connectivity index (χ0v) is 17.1. The predicted molar refractivity (Wildman–Crippen MR) is 107 cm³/mol. The summed E-state index contributed by atoms with van der Waals surface area (Å²) in [6.07, 6.45) is 1.93. The van der Waals surface area contributed by atoms with Gasteiger partial charge in [-0.05, 0) is 25.5 Å². The van der Waals surface area contributed by atoms with E-state index in [9.17, 15) is 8.42 Å². The van der Waals surface area contributed by atoms with E-state index in [0.29, 0.717) is 39.2 Å². The second kappa shape index (κ2) is 11.7. The van der Waals surface area contributed by atoms with E-state index in [1.165, 1.54) is 10.6 Å². The fourth-order valence-corrected chi connectivity index (χ4v) is 3.31. The van der Waals surface area contributed by atoms with Gasteiger partial charge in [-0.15, -0.1) is 0 Å². The highest BCUT2D eigenvalue weighted by Gasteiger charge is 2.13. The molecule has 0 bridgehead atoms. The van der Waals surface area contributed by atoms with Crippen molar-refractivity contribution in [3.05, 3.63) is 30.3 Å². The van der Waals surface area contributed by atoms with Gasteiger partial charge in [0.05, 0.1) is 12.8 Å². The Bertz CT molecular complexity index is 635. The maximum absolute atomic E-state index is 11.6. The minimum Gasteiger partial charge on any atom is -0.492 e. The summed E-state index contributed by atoms with van der Waals surface area (Å²) in [5.41, 5.74) is 0. The Labute approximate surface area is 158 Å². The van der Waals surface area contributed by atoms with E-state index in [2.05, 4.69) is 10.3 Å². The molecule has 0 aliphatic carbocycles. The highest BCUT2D eigenvalue weighted by atomic mass is 32.2. The van der Waals surface area contributed by atoms with Crippen molar-refractivity contribution in [1.82, 2.24) is 14.5 Å². The van der Waals surface area contributed by atoms with Gasteiger partial charge in [-0.3, -0.25) is 4.99 Å². The molecule has 1 aromatic carbocycles. The first-order valence-corrected chi connectivity index (χ1v) is 10.9. The Hall–Kier alpha value is -1.80. The lowest BCUT2D eigenvalue weighted by atomic mass is 10.3. The minimum absolute atomic E-state index is 0.485. The van der Waals surface area contributed by atoms with E-state index >= 15 is 0 Å². The summed E-state index contributed by atoms with van der Waals surface area (Å²) in [5.74, 6) is 1.65. The molecule has 0 aliphatic rings. The van der Waals surface area contributed by atoms with Crippen LogP contribution in [0.15, 0.2) is 35.3 Å². The van der Waals surface area contributed by atoms with Gasteiger partial charge in [-0.1, -0.05) is 25.1 Å². The zero-order valence-electron chi connectivity index (χ0n) is 16.3. The summed E-state index contributed by atoms with van der Waals surface area (Å²) in [7, 11) is -1.18. The molecule has 26 heavy (non-hydrogen) atoms. The van der Waals surface area contributed by atoms with Gasteiger partial charge in [0.2, 0.25) is 10.0 Å². The third-order valence-electron chi connectivity index (χ3n) is 3.78. The summed E-state index contributed by atoms with van der Waals surface area (Å²) < 4.78 is 30.4. The largest absolute Gasteiger partial charge is 0.492 e. The number of nitrogens with zero attached hydrogens (tertiary/aromatic N) is 3. The number of sulfonamides is 1. The SMILES string of the molecule is CCNC(=NCCCN(CC)S(C)(=O)=O)N(C)CCOc1ccccc1. The van der Waals surface area contributed by atoms with E-state index in [-0.39, 0.29) is 0 Å². The molecule has 0 radical (unpaired) electrons. The van der Waals surface area contributed by atoms with Crippen LogP contribution >= 0.6 is 0 Å². The van der Waals surface area contributed by atoms with Crippen molar-refractivity contribution < 1.29 is 13.2 Å². The molecule has 0 saturated carbocycles. The predicted octanol–water partition coefficient (Wildman–Crippen LogP) is 1.63. The summed E-state index contributed by atoms with van der Waals surface area (Å²) in [6.45, 7) is 7.43. The molecule has 0 saturated heterocycles. The van der Waals surface area contributed by atoms with Crippen molar-refractivity contribution >= 4 is 16.0 Å². The molecule has 0 aromatic heterocycles. The van der Waals surface area contributed by atoms with Crippen LogP contribution in [0.2, 0.25) is 0 Å². The molecule has 1 rings (SSSR count). The molecule has 7 nitrogen and oxygen atoms in total. The van der Waals surface area contributed by atoms with Crippen molar-refractivity contribution in [1.29, 1.82) is 0 Å². The van der Waals surface area contributed by atoms with Gasteiger partial charge in [-0.25, -0.2) is 12.7 Å². The first-order chi connectivity index (χ1) is 12.4. The van der Waals surface area contributed by atoms with Crippen LogP contribution < -0.4 is 10.1 Å². The topological polar surface area (TPSA) is 74.2 Å². The third-order valence-corrected chi connectivity index (χ3v) is 5.16. The molecular weight excluding hydrogens is 352 g/mol. The minimum atomic E-state index is -3.14. The summed E-state index contributed by atoms with van der Waals surface area (Å²) in [6, 6.07) is 9.71. The lowest BCUT2D eigenvalue weighted by molar-refractivity contribution is 0.281. The highest BCUT2D eigenvalue weighted by molar-refractivity contribution is 7.88. The smallest absolute Gasteiger partial charge is 0.211 e. The van der Waals surface area contributed by atoms with E-state index in [0.717, 1.165) is 18.3 Å². The van der Waals surface area contributed by atoms with Crippen LogP contribution in [0, 0.1) is 0 Å². The molecule has 0 fully saturated rings. The quantitative estimate of drug-likeness (QED) is 0.357. The number of rotatable bonds is 11. The second-order valence-corrected chi connectivity index (χ2v) is 7.91. The van der Waals surface area contributed by atoms with Crippen LogP contribution in [-0.4, -0.2) is 76.2 Å². The highest BCUT2D eigenvalue weighted by Crippen LogP contribution is 2.07. The van der Waals surface area contributed by atoms with Gasteiger partial charge in [0.1, 0.15) is 12.4 Å². The van der Waals surface area contributed by atoms with Gasteiger partial charge in [-0.2, -0.15) is 0 Å². The fourth-order valence-electron chi connectivity index (χ4n) is 2.38. The summed E-state index contributed by atoms with van der Waals surface area (Å²) >= 11 is 0. The van der Waals surface area contributed by atoms with Crippen LogP contribution in [0.1, 0.15) is 20.3 Å². The molecule has 1 N–H and O–H groups in total. The molecule has 0 atom stereocenters. The molecule has 0 spiro atoms. The first-order valence-electron chi connectivity index (χ1n) is 9.00. The van der Waals surface area contributed by atoms with E-state index in [1.807, 2.05) is 56.1 Å². The number of benzene rings is 1. The number of para-hydroxylation sites is 1. The number of likely N-dealkylation sites (N-methyl/N-ethyl adjacent to an activating group) is 1. The summed E-state index contributed by atoms with van der Waals surface area (Å²) in [4.78, 5) is 6.60. The van der Waals surface area contributed by atoms with Gasteiger partial charge in [0, 0.05) is 33.2 Å². The lowest BCUT2D eigenvalue weighted by Gasteiger charge is -2.22. The molecule has 1 aromatic rings. The van der Waals surface area contributed by atoms with Gasteiger partial charge in [0.15, 0.2) is 5.96 Å². The Morgan fingerprint density at radius 3 is 2.46 bits per heavy atom. The van der Waals surface area contributed by atoms with Crippen LogP contribution in [0.4, 0.5) is 0 Å². The molecule has 8 heteroatoms.